The molecule has 196 valence electrons. The van der Waals surface area contributed by atoms with Crippen molar-refractivity contribution in [2.75, 3.05) is 52.5 Å². The van der Waals surface area contributed by atoms with Crippen molar-refractivity contribution in [2.45, 2.75) is 51.4 Å². The van der Waals surface area contributed by atoms with Gasteiger partial charge in [0.25, 0.3) is 0 Å². The number of esters is 2. The highest BCUT2D eigenvalue weighted by molar-refractivity contribution is 5.78. The predicted molar refractivity (Wildman–Crippen MR) is 143 cm³/mol. The van der Waals surface area contributed by atoms with Crippen LogP contribution in [0.1, 0.15) is 62.5 Å². The SMILES string of the molecule is CCC(C(=O)OCCCN1CCN(CCCOC(=O)C(CC)c2ccccc2)CC1)c1ccccc1. The molecular formula is C30H42N2O4. The Morgan fingerprint density at radius 1 is 0.667 bits per heavy atom. The molecule has 1 aliphatic rings. The maximum absolute atomic E-state index is 12.5. The standard InChI is InChI=1S/C30H42N2O4/c1-3-27(25-13-7-5-8-14-25)29(33)35-23-11-17-31-19-21-32(22-20-31)18-12-24-36-30(34)28(4-2)26-15-9-6-10-16-26/h5-10,13-16,27-28H,3-4,11-12,17-24H2,1-2H3. The molecule has 1 aliphatic heterocycles. The molecule has 2 unspecified atom stereocenters. The number of carbonyl (C=O) groups excluding carboxylic acids is 2. The molecule has 0 N–H and O–H groups in total. The molecule has 6 heteroatoms. The number of nitrogens with zero attached hydrogens (tertiary/aromatic N) is 2. The second-order valence-corrected chi connectivity index (χ2v) is 9.47. The number of benzene rings is 2. The molecule has 36 heavy (non-hydrogen) atoms. The van der Waals surface area contributed by atoms with Crippen LogP contribution in [0.2, 0.25) is 0 Å². The monoisotopic (exact) mass is 494 g/mol. The van der Waals surface area contributed by atoms with Crippen LogP contribution in [-0.2, 0) is 19.1 Å². The van der Waals surface area contributed by atoms with Crippen molar-refractivity contribution < 1.29 is 19.1 Å². The number of carbonyl (C=O) groups is 2. The van der Waals surface area contributed by atoms with Gasteiger partial charge in [0.05, 0.1) is 25.0 Å². The molecule has 0 aromatic heterocycles. The zero-order valence-corrected chi connectivity index (χ0v) is 21.9. The summed E-state index contributed by atoms with van der Waals surface area (Å²) in [6.45, 7) is 10.9. The molecule has 6 nitrogen and oxygen atoms in total. The van der Waals surface area contributed by atoms with E-state index in [1.807, 2.05) is 74.5 Å². The Morgan fingerprint density at radius 3 is 1.36 bits per heavy atom. The van der Waals surface area contributed by atoms with E-state index in [0.29, 0.717) is 13.2 Å². The first-order valence-electron chi connectivity index (χ1n) is 13.5. The molecule has 3 rings (SSSR count). The Hall–Kier alpha value is -2.70. The molecule has 0 amide bonds. The maximum Gasteiger partial charge on any atom is 0.313 e. The average molecular weight is 495 g/mol. The van der Waals surface area contributed by atoms with Gasteiger partial charge in [-0.1, -0.05) is 74.5 Å². The van der Waals surface area contributed by atoms with Crippen LogP contribution < -0.4 is 0 Å². The van der Waals surface area contributed by atoms with E-state index in [-0.39, 0.29) is 23.8 Å². The van der Waals surface area contributed by atoms with E-state index in [9.17, 15) is 9.59 Å². The van der Waals surface area contributed by atoms with Gasteiger partial charge in [0.1, 0.15) is 0 Å². The van der Waals surface area contributed by atoms with Gasteiger partial charge in [0.2, 0.25) is 0 Å². The van der Waals surface area contributed by atoms with Crippen molar-refractivity contribution in [3.63, 3.8) is 0 Å². The van der Waals surface area contributed by atoms with E-state index in [4.69, 9.17) is 9.47 Å². The Kier molecular flexibility index (Phi) is 11.9. The van der Waals surface area contributed by atoms with Crippen LogP contribution in [0.15, 0.2) is 60.7 Å². The molecule has 2 atom stereocenters. The minimum absolute atomic E-state index is 0.122. The van der Waals surface area contributed by atoms with Gasteiger partial charge < -0.3 is 19.3 Å². The molecule has 0 aliphatic carbocycles. The fourth-order valence-electron chi connectivity index (χ4n) is 4.81. The van der Waals surface area contributed by atoms with Gasteiger partial charge in [0.15, 0.2) is 0 Å². The van der Waals surface area contributed by atoms with E-state index in [0.717, 1.165) is 76.1 Å². The molecule has 2 aromatic rings. The maximum atomic E-state index is 12.5. The summed E-state index contributed by atoms with van der Waals surface area (Å²) in [4.78, 5) is 29.8. The highest BCUT2D eigenvalue weighted by atomic mass is 16.5. The Bertz CT molecular complexity index is 822. The van der Waals surface area contributed by atoms with Crippen LogP contribution in [0.4, 0.5) is 0 Å². The van der Waals surface area contributed by atoms with Crippen LogP contribution in [0, 0.1) is 0 Å². The molecule has 2 aromatic carbocycles. The van der Waals surface area contributed by atoms with Crippen molar-refractivity contribution in [3.05, 3.63) is 71.8 Å². The lowest BCUT2D eigenvalue weighted by Gasteiger charge is -2.34. The van der Waals surface area contributed by atoms with E-state index in [1.54, 1.807) is 0 Å². The molecule has 1 fully saturated rings. The molecule has 0 radical (unpaired) electrons. The third kappa shape index (κ3) is 8.75. The summed E-state index contributed by atoms with van der Waals surface area (Å²) < 4.78 is 11.2. The molecular weight excluding hydrogens is 452 g/mol. The lowest BCUT2D eigenvalue weighted by Crippen LogP contribution is -2.47. The van der Waals surface area contributed by atoms with Gasteiger partial charge in [-0.3, -0.25) is 9.59 Å². The van der Waals surface area contributed by atoms with Gasteiger partial charge in [-0.15, -0.1) is 0 Å². The number of hydrogen-bond acceptors (Lipinski definition) is 6. The summed E-state index contributed by atoms with van der Waals surface area (Å²) in [5.74, 6) is -0.605. The molecule has 0 bridgehead atoms. The van der Waals surface area contributed by atoms with Gasteiger partial charge in [-0.25, -0.2) is 0 Å². The molecule has 0 spiro atoms. The lowest BCUT2D eigenvalue weighted by molar-refractivity contribution is -0.146. The quantitative estimate of drug-likeness (QED) is 0.276. The van der Waals surface area contributed by atoms with Crippen molar-refractivity contribution in [2.24, 2.45) is 0 Å². The average Bonchev–Trinajstić information content (AvgIpc) is 2.92. The van der Waals surface area contributed by atoms with E-state index >= 15 is 0 Å². The predicted octanol–water partition coefficient (Wildman–Crippen LogP) is 4.86. The van der Waals surface area contributed by atoms with Crippen LogP contribution in [0.25, 0.3) is 0 Å². The van der Waals surface area contributed by atoms with Crippen LogP contribution >= 0.6 is 0 Å². The summed E-state index contributed by atoms with van der Waals surface area (Å²) in [7, 11) is 0. The molecule has 1 saturated heterocycles. The highest BCUT2D eigenvalue weighted by Crippen LogP contribution is 2.22. The van der Waals surface area contributed by atoms with E-state index in [1.165, 1.54) is 0 Å². The highest BCUT2D eigenvalue weighted by Gasteiger charge is 2.22. The van der Waals surface area contributed by atoms with Crippen molar-refractivity contribution in [1.29, 1.82) is 0 Å². The van der Waals surface area contributed by atoms with Crippen LogP contribution in [-0.4, -0.2) is 74.2 Å². The first-order valence-corrected chi connectivity index (χ1v) is 13.5. The number of hydrogen-bond donors (Lipinski definition) is 0. The van der Waals surface area contributed by atoms with Crippen molar-refractivity contribution in [3.8, 4) is 0 Å². The number of ether oxygens (including phenoxy) is 2. The summed E-state index contributed by atoms with van der Waals surface area (Å²) in [6.07, 6.45) is 3.20. The Balaban J connectivity index is 1.25. The van der Waals surface area contributed by atoms with Crippen LogP contribution in [0.5, 0.6) is 0 Å². The first-order chi connectivity index (χ1) is 17.6. The fourth-order valence-corrected chi connectivity index (χ4v) is 4.81. The van der Waals surface area contributed by atoms with Crippen molar-refractivity contribution in [1.82, 2.24) is 9.80 Å². The third-order valence-electron chi connectivity index (χ3n) is 6.98. The number of piperazine rings is 1. The normalized spacial score (nSPS) is 16.3. The van der Waals surface area contributed by atoms with E-state index in [2.05, 4.69) is 9.80 Å². The van der Waals surface area contributed by atoms with E-state index < -0.39 is 0 Å². The Labute approximate surface area is 216 Å². The summed E-state index contributed by atoms with van der Waals surface area (Å²) in [5.41, 5.74) is 2.05. The fraction of sp³-hybridized carbons (Fsp3) is 0.533. The smallest absolute Gasteiger partial charge is 0.313 e. The van der Waals surface area contributed by atoms with Crippen LogP contribution in [0.3, 0.4) is 0 Å². The lowest BCUT2D eigenvalue weighted by atomic mass is 9.97. The minimum Gasteiger partial charge on any atom is -0.465 e. The van der Waals surface area contributed by atoms with Gasteiger partial charge in [-0.2, -0.15) is 0 Å². The first kappa shape index (κ1) is 27.9. The summed E-state index contributed by atoms with van der Waals surface area (Å²) in [6, 6.07) is 19.7. The van der Waals surface area contributed by atoms with Gasteiger partial charge in [-0.05, 0) is 36.8 Å². The molecule has 0 saturated carbocycles. The second kappa shape index (κ2) is 15.4. The zero-order valence-electron chi connectivity index (χ0n) is 21.9. The van der Waals surface area contributed by atoms with Gasteiger partial charge >= 0.3 is 11.9 Å². The van der Waals surface area contributed by atoms with Gasteiger partial charge in [0, 0.05) is 39.3 Å². The Morgan fingerprint density at radius 2 is 1.03 bits per heavy atom. The summed E-state index contributed by atoms with van der Waals surface area (Å²) in [5, 5.41) is 0. The zero-order chi connectivity index (χ0) is 25.6. The number of rotatable bonds is 14. The summed E-state index contributed by atoms with van der Waals surface area (Å²) >= 11 is 0. The molecule has 1 heterocycles. The minimum atomic E-state index is -0.180. The largest absolute Gasteiger partial charge is 0.465 e. The third-order valence-corrected chi connectivity index (χ3v) is 6.98. The second-order valence-electron chi connectivity index (χ2n) is 9.47. The topological polar surface area (TPSA) is 59.1 Å². The van der Waals surface area contributed by atoms with Crippen molar-refractivity contribution >= 4 is 11.9 Å².